The van der Waals surface area contributed by atoms with Crippen molar-refractivity contribution in [1.82, 2.24) is 14.7 Å². The Kier molecular flexibility index (Phi) is 6.98. The van der Waals surface area contributed by atoms with Crippen molar-refractivity contribution in [2.24, 2.45) is 5.73 Å². The first kappa shape index (κ1) is 20.8. The number of nitrogens with two attached hydrogens (primary N) is 1. The fourth-order valence-corrected chi connectivity index (χ4v) is 4.60. The SMILES string of the molecule is CCn1nc(Cc2ccccc2)cc1C1CCN(CC[C@H](N)c2ccccc2)CC1. The summed E-state index contributed by atoms with van der Waals surface area (Å²) < 4.78 is 2.23. The molecule has 0 radical (unpaired) electrons. The third-order valence-electron chi connectivity index (χ3n) is 6.38. The van der Waals surface area contributed by atoms with Gasteiger partial charge in [0.05, 0.1) is 5.69 Å². The molecule has 4 nitrogen and oxygen atoms in total. The predicted molar refractivity (Wildman–Crippen MR) is 124 cm³/mol. The number of aromatic nitrogens is 2. The second kappa shape index (κ2) is 10.1. The summed E-state index contributed by atoms with van der Waals surface area (Å²) in [4.78, 5) is 2.58. The summed E-state index contributed by atoms with van der Waals surface area (Å²) in [6.45, 7) is 6.51. The lowest BCUT2D eigenvalue weighted by atomic mass is 9.92. The Hall–Kier alpha value is -2.43. The van der Waals surface area contributed by atoms with E-state index in [4.69, 9.17) is 10.8 Å². The van der Waals surface area contributed by atoms with Crippen molar-refractivity contribution in [3.05, 3.63) is 89.2 Å². The van der Waals surface area contributed by atoms with Gasteiger partial charge in [-0.05, 0) is 63.0 Å². The molecule has 0 saturated carbocycles. The quantitative estimate of drug-likeness (QED) is 0.591. The number of benzene rings is 2. The highest BCUT2D eigenvalue weighted by molar-refractivity contribution is 5.24. The van der Waals surface area contributed by atoms with Gasteiger partial charge < -0.3 is 10.6 Å². The molecule has 0 spiro atoms. The zero-order valence-electron chi connectivity index (χ0n) is 18.1. The molecular formula is C26H34N4. The van der Waals surface area contributed by atoms with Crippen LogP contribution in [0, 0.1) is 0 Å². The largest absolute Gasteiger partial charge is 0.324 e. The van der Waals surface area contributed by atoms with Crippen molar-refractivity contribution >= 4 is 0 Å². The molecule has 3 aromatic rings. The summed E-state index contributed by atoms with van der Waals surface area (Å²) in [5, 5.41) is 4.90. The highest BCUT2D eigenvalue weighted by Gasteiger charge is 2.24. The average Bonchev–Trinajstić information content (AvgIpc) is 3.22. The summed E-state index contributed by atoms with van der Waals surface area (Å²) in [7, 11) is 0. The maximum Gasteiger partial charge on any atom is 0.0671 e. The molecule has 2 N–H and O–H groups in total. The Balaban J connectivity index is 1.31. The van der Waals surface area contributed by atoms with Crippen LogP contribution in [-0.2, 0) is 13.0 Å². The van der Waals surface area contributed by atoms with Crippen LogP contribution in [0.15, 0.2) is 66.7 Å². The molecular weight excluding hydrogens is 368 g/mol. The summed E-state index contributed by atoms with van der Waals surface area (Å²) in [5.74, 6) is 0.612. The third kappa shape index (κ3) is 5.18. The summed E-state index contributed by atoms with van der Waals surface area (Å²) in [5.41, 5.74) is 11.6. The van der Waals surface area contributed by atoms with E-state index in [0.29, 0.717) is 5.92 Å². The maximum atomic E-state index is 6.40. The van der Waals surface area contributed by atoms with E-state index in [1.165, 1.54) is 35.4 Å². The standard InChI is InChI=1S/C26H34N4/c1-2-30-26(20-24(28-30)19-21-9-5-3-6-10-21)23-13-16-29(17-14-23)18-15-25(27)22-11-7-4-8-12-22/h3-12,20,23,25H,2,13-19,27H2,1H3/t25-/m0/s1. The van der Waals surface area contributed by atoms with Crippen LogP contribution in [0.25, 0.3) is 0 Å². The fourth-order valence-electron chi connectivity index (χ4n) is 4.60. The van der Waals surface area contributed by atoms with Crippen LogP contribution >= 0.6 is 0 Å². The minimum Gasteiger partial charge on any atom is -0.324 e. The molecule has 1 aromatic heterocycles. The molecule has 0 aliphatic carbocycles. The van der Waals surface area contributed by atoms with Gasteiger partial charge in [-0.3, -0.25) is 4.68 Å². The van der Waals surface area contributed by atoms with Crippen LogP contribution in [-0.4, -0.2) is 34.3 Å². The second-order valence-electron chi connectivity index (χ2n) is 8.46. The number of hydrogen-bond acceptors (Lipinski definition) is 3. The van der Waals surface area contributed by atoms with Crippen molar-refractivity contribution in [2.75, 3.05) is 19.6 Å². The summed E-state index contributed by atoms with van der Waals surface area (Å²) in [6.07, 6.45) is 4.34. The van der Waals surface area contributed by atoms with Crippen LogP contribution in [0.2, 0.25) is 0 Å². The van der Waals surface area contributed by atoms with E-state index in [2.05, 4.69) is 77.2 Å². The van der Waals surface area contributed by atoms with Crippen molar-refractivity contribution in [3.63, 3.8) is 0 Å². The van der Waals surface area contributed by atoms with E-state index in [1.54, 1.807) is 0 Å². The first-order valence-electron chi connectivity index (χ1n) is 11.4. The molecule has 2 heterocycles. The van der Waals surface area contributed by atoms with E-state index >= 15 is 0 Å². The first-order valence-corrected chi connectivity index (χ1v) is 11.4. The topological polar surface area (TPSA) is 47.1 Å². The van der Waals surface area contributed by atoms with Gasteiger partial charge in [0.15, 0.2) is 0 Å². The van der Waals surface area contributed by atoms with Crippen LogP contribution in [0.3, 0.4) is 0 Å². The molecule has 1 saturated heterocycles. The van der Waals surface area contributed by atoms with Gasteiger partial charge in [0, 0.05) is 30.6 Å². The minimum absolute atomic E-state index is 0.131. The zero-order valence-corrected chi connectivity index (χ0v) is 18.1. The molecule has 4 heteroatoms. The molecule has 1 fully saturated rings. The van der Waals surface area contributed by atoms with Gasteiger partial charge in [0.1, 0.15) is 0 Å². The Bertz CT molecular complexity index is 895. The highest BCUT2D eigenvalue weighted by Crippen LogP contribution is 2.29. The number of rotatable bonds is 8. The van der Waals surface area contributed by atoms with Gasteiger partial charge in [-0.1, -0.05) is 60.7 Å². The van der Waals surface area contributed by atoms with Crippen LogP contribution in [0.4, 0.5) is 0 Å². The number of hydrogen-bond donors (Lipinski definition) is 1. The number of likely N-dealkylation sites (tertiary alicyclic amines) is 1. The van der Waals surface area contributed by atoms with Gasteiger partial charge in [-0.15, -0.1) is 0 Å². The van der Waals surface area contributed by atoms with Gasteiger partial charge in [-0.2, -0.15) is 5.10 Å². The van der Waals surface area contributed by atoms with Crippen molar-refractivity contribution in [2.45, 2.75) is 51.1 Å². The second-order valence-corrected chi connectivity index (χ2v) is 8.46. The van der Waals surface area contributed by atoms with Gasteiger partial charge >= 0.3 is 0 Å². The molecule has 0 amide bonds. The van der Waals surface area contributed by atoms with Crippen LogP contribution < -0.4 is 5.73 Å². The lowest BCUT2D eigenvalue weighted by Crippen LogP contribution is -2.35. The van der Waals surface area contributed by atoms with Crippen molar-refractivity contribution < 1.29 is 0 Å². The lowest BCUT2D eigenvalue weighted by molar-refractivity contribution is 0.202. The number of aryl methyl sites for hydroxylation is 1. The Labute approximate surface area is 180 Å². The van der Waals surface area contributed by atoms with Crippen molar-refractivity contribution in [1.29, 1.82) is 0 Å². The monoisotopic (exact) mass is 402 g/mol. The lowest BCUT2D eigenvalue weighted by Gasteiger charge is -2.32. The highest BCUT2D eigenvalue weighted by atomic mass is 15.3. The van der Waals surface area contributed by atoms with E-state index in [1.807, 2.05) is 6.07 Å². The molecule has 158 valence electrons. The predicted octanol–water partition coefficient (Wildman–Crippen LogP) is 4.76. The van der Waals surface area contributed by atoms with Crippen LogP contribution in [0.1, 0.15) is 60.7 Å². The molecule has 2 aromatic carbocycles. The molecule has 30 heavy (non-hydrogen) atoms. The maximum absolute atomic E-state index is 6.40. The molecule has 1 aliphatic heterocycles. The summed E-state index contributed by atoms with van der Waals surface area (Å²) in [6, 6.07) is 23.6. The van der Waals surface area contributed by atoms with E-state index in [-0.39, 0.29) is 6.04 Å². The fraction of sp³-hybridized carbons (Fsp3) is 0.423. The Morgan fingerprint density at radius 3 is 2.33 bits per heavy atom. The minimum atomic E-state index is 0.131. The van der Waals surface area contributed by atoms with Gasteiger partial charge in [-0.25, -0.2) is 0 Å². The van der Waals surface area contributed by atoms with E-state index in [0.717, 1.165) is 39.0 Å². The van der Waals surface area contributed by atoms with Crippen molar-refractivity contribution in [3.8, 4) is 0 Å². The first-order chi connectivity index (χ1) is 14.7. The molecule has 1 atom stereocenters. The Morgan fingerprint density at radius 2 is 1.67 bits per heavy atom. The normalized spacial score (nSPS) is 16.6. The molecule has 4 rings (SSSR count). The Morgan fingerprint density at radius 1 is 1.00 bits per heavy atom. The van der Waals surface area contributed by atoms with Gasteiger partial charge in [0.2, 0.25) is 0 Å². The summed E-state index contributed by atoms with van der Waals surface area (Å²) >= 11 is 0. The molecule has 1 aliphatic rings. The third-order valence-corrected chi connectivity index (χ3v) is 6.38. The number of nitrogens with zero attached hydrogens (tertiary/aromatic N) is 3. The molecule has 0 bridgehead atoms. The van der Waals surface area contributed by atoms with E-state index in [9.17, 15) is 0 Å². The smallest absolute Gasteiger partial charge is 0.0671 e. The van der Waals surface area contributed by atoms with E-state index < -0.39 is 0 Å². The van der Waals surface area contributed by atoms with Gasteiger partial charge in [0.25, 0.3) is 0 Å². The van der Waals surface area contributed by atoms with Crippen LogP contribution in [0.5, 0.6) is 0 Å². The number of piperidine rings is 1. The average molecular weight is 403 g/mol. The molecule has 0 unspecified atom stereocenters. The zero-order chi connectivity index (χ0) is 20.8.